The van der Waals surface area contributed by atoms with Crippen LogP contribution < -0.4 is 0 Å². The average molecular weight is 400 g/mol. The summed E-state index contributed by atoms with van der Waals surface area (Å²) in [4.78, 5) is 35.8. The van der Waals surface area contributed by atoms with Gasteiger partial charge in [-0.25, -0.2) is 9.59 Å². The van der Waals surface area contributed by atoms with Gasteiger partial charge in [-0.3, -0.25) is 4.79 Å². The third-order valence-corrected chi connectivity index (χ3v) is 4.23. The third-order valence-electron chi connectivity index (χ3n) is 4.23. The average Bonchev–Trinajstić information content (AvgIpc) is 3.02. The van der Waals surface area contributed by atoms with Gasteiger partial charge in [0.05, 0.1) is 11.1 Å². The smallest absolute Gasteiger partial charge is 0.340 e. The number of aliphatic hydroxyl groups excluding tert-OH is 1. The van der Waals surface area contributed by atoms with Crippen molar-refractivity contribution in [2.45, 2.75) is 31.5 Å². The molecule has 1 heterocycles. The minimum atomic E-state index is -1.46. The summed E-state index contributed by atoms with van der Waals surface area (Å²) in [6.07, 6.45) is -5.06. The summed E-state index contributed by atoms with van der Waals surface area (Å²) in [6, 6.07) is 16.3. The number of rotatable bonds is 6. The lowest BCUT2D eigenvalue weighted by atomic mass is 10.1. The molecule has 1 aliphatic rings. The predicted octanol–water partition coefficient (Wildman–Crippen LogP) is 1.72. The van der Waals surface area contributed by atoms with Gasteiger partial charge in [0.25, 0.3) is 0 Å². The molecule has 0 saturated carbocycles. The molecule has 1 N–H and O–H groups in total. The second kappa shape index (κ2) is 9.31. The molecule has 29 heavy (non-hydrogen) atoms. The van der Waals surface area contributed by atoms with Gasteiger partial charge in [-0.2, -0.15) is 0 Å². The van der Waals surface area contributed by atoms with Crippen LogP contribution in [0.2, 0.25) is 0 Å². The van der Waals surface area contributed by atoms with E-state index in [-0.39, 0.29) is 17.7 Å². The molecule has 0 spiro atoms. The van der Waals surface area contributed by atoms with Crippen LogP contribution in [-0.2, 0) is 23.7 Å². The third kappa shape index (κ3) is 5.18. The van der Waals surface area contributed by atoms with Crippen LogP contribution in [0.25, 0.3) is 0 Å². The fourth-order valence-corrected chi connectivity index (χ4v) is 2.80. The van der Waals surface area contributed by atoms with Crippen molar-refractivity contribution in [3.63, 3.8) is 0 Å². The molecule has 0 amide bonds. The van der Waals surface area contributed by atoms with Crippen molar-refractivity contribution in [1.82, 2.24) is 0 Å². The lowest BCUT2D eigenvalue weighted by molar-refractivity contribution is -0.157. The molecule has 8 heteroatoms. The summed E-state index contributed by atoms with van der Waals surface area (Å²) in [7, 11) is 0. The molecule has 0 aliphatic carbocycles. The standard InChI is InChI=1S/C21H20O8/c1-13(22)26-12-16-18(28-19(24)14-8-4-2-5-9-14)17(23)21(27-16)29-20(25)15-10-6-3-7-11-15/h2-11,16-18,21,23H,12H2,1H3. The number of carbonyl (C=O) groups is 3. The molecule has 0 bridgehead atoms. The zero-order valence-electron chi connectivity index (χ0n) is 15.6. The molecular weight excluding hydrogens is 380 g/mol. The van der Waals surface area contributed by atoms with Crippen LogP contribution in [0.15, 0.2) is 60.7 Å². The molecule has 152 valence electrons. The zero-order chi connectivity index (χ0) is 20.8. The lowest BCUT2D eigenvalue weighted by Gasteiger charge is -2.20. The first-order chi connectivity index (χ1) is 14.0. The fourth-order valence-electron chi connectivity index (χ4n) is 2.80. The summed E-state index contributed by atoms with van der Waals surface area (Å²) in [6.45, 7) is 0.932. The van der Waals surface area contributed by atoms with Gasteiger partial charge in [0.15, 0.2) is 12.2 Å². The summed E-state index contributed by atoms with van der Waals surface area (Å²) >= 11 is 0. The fraction of sp³-hybridized carbons (Fsp3) is 0.286. The lowest BCUT2D eigenvalue weighted by Crippen LogP contribution is -2.39. The van der Waals surface area contributed by atoms with Crippen molar-refractivity contribution < 1.29 is 38.4 Å². The van der Waals surface area contributed by atoms with Gasteiger partial charge >= 0.3 is 17.9 Å². The molecule has 0 aromatic heterocycles. The van der Waals surface area contributed by atoms with Gasteiger partial charge in [-0.1, -0.05) is 36.4 Å². The highest BCUT2D eigenvalue weighted by Crippen LogP contribution is 2.27. The van der Waals surface area contributed by atoms with Crippen molar-refractivity contribution in [2.75, 3.05) is 6.61 Å². The van der Waals surface area contributed by atoms with Gasteiger partial charge in [0.1, 0.15) is 12.7 Å². The topological polar surface area (TPSA) is 108 Å². The summed E-state index contributed by atoms with van der Waals surface area (Å²) in [5.41, 5.74) is 0.542. The number of ether oxygens (including phenoxy) is 4. The highest BCUT2D eigenvalue weighted by molar-refractivity contribution is 5.90. The molecule has 0 radical (unpaired) electrons. The molecule has 1 fully saturated rings. The van der Waals surface area contributed by atoms with E-state index in [1.165, 1.54) is 6.92 Å². The highest BCUT2D eigenvalue weighted by atomic mass is 16.7. The molecule has 2 aromatic rings. The highest BCUT2D eigenvalue weighted by Gasteiger charge is 2.49. The van der Waals surface area contributed by atoms with Gasteiger partial charge in [-0.05, 0) is 24.3 Å². The Morgan fingerprint density at radius 2 is 1.41 bits per heavy atom. The monoisotopic (exact) mass is 400 g/mol. The molecular formula is C21H20O8. The number of aliphatic hydroxyl groups is 1. The summed E-state index contributed by atoms with van der Waals surface area (Å²) in [5.74, 6) is -1.97. The maximum Gasteiger partial charge on any atom is 0.340 e. The molecule has 4 unspecified atom stereocenters. The Morgan fingerprint density at radius 1 is 0.897 bits per heavy atom. The second-order valence-corrected chi connectivity index (χ2v) is 6.34. The first kappa shape index (κ1) is 20.5. The van der Waals surface area contributed by atoms with E-state index in [0.717, 1.165) is 0 Å². The van der Waals surface area contributed by atoms with E-state index >= 15 is 0 Å². The minimum absolute atomic E-state index is 0.268. The van der Waals surface area contributed by atoms with Crippen LogP contribution >= 0.6 is 0 Å². The van der Waals surface area contributed by atoms with Crippen molar-refractivity contribution >= 4 is 17.9 Å². The Balaban J connectivity index is 1.72. The van der Waals surface area contributed by atoms with E-state index in [9.17, 15) is 19.5 Å². The molecule has 1 aliphatic heterocycles. The molecule has 8 nitrogen and oxygen atoms in total. The van der Waals surface area contributed by atoms with E-state index in [0.29, 0.717) is 0 Å². The first-order valence-electron chi connectivity index (χ1n) is 8.94. The van der Waals surface area contributed by atoms with Crippen molar-refractivity contribution in [3.05, 3.63) is 71.8 Å². The van der Waals surface area contributed by atoms with E-state index < -0.39 is 42.5 Å². The zero-order valence-corrected chi connectivity index (χ0v) is 15.6. The van der Waals surface area contributed by atoms with Crippen LogP contribution in [0.5, 0.6) is 0 Å². The second-order valence-electron chi connectivity index (χ2n) is 6.34. The Bertz CT molecular complexity index is 851. The van der Waals surface area contributed by atoms with Crippen molar-refractivity contribution in [1.29, 1.82) is 0 Å². The minimum Gasteiger partial charge on any atom is -0.463 e. The summed E-state index contributed by atoms with van der Waals surface area (Å²) in [5, 5.41) is 10.6. The Morgan fingerprint density at radius 3 is 1.93 bits per heavy atom. The predicted molar refractivity (Wildman–Crippen MR) is 98.8 cm³/mol. The van der Waals surface area contributed by atoms with Gasteiger partial charge in [0, 0.05) is 6.92 Å². The first-order valence-corrected chi connectivity index (χ1v) is 8.94. The van der Waals surface area contributed by atoms with Crippen LogP contribution in [0.4, 0.5) is 0 Å². The Kier molecular flexibility index (Phi) is 6.58. The maximum atomic E-state index is 12.4. The number of carbonyl (C=O) groups excluding carboxylic acids is 3. The maximum absolute atomic E-state index is 12.4. The van der Waals surface area contributed by atoms with E-state index in [1.807, 2.05) is 0 Å². The Hall–Kier alpha value is -3.23. The van der Waals surface area contributed by atoms with Crippen molar-refractivity contribution in [2.24, 2.45) is 0 Å². The largest absolute Gasteiger partial charge is 0.463 e. The van der Waals surface area contributed by atoms with Gasteiger partial charge in [-0.15, -0.1) is 0 Å². The quantitative estimate of drug-likeness (QED) is 0.577. The van der Waals surface area contributed by atoms with Crippen molar-refractivity contribution in [3.8, 4) is 0 Å². The van der Waals surface area contributed by atoms with Gasteiger partial charge in [0.2, 0.25) is 6.29 Å². The molecule has 3 rings (SSSR count). The summed E-state index contributed by atoms with van der Waals surface area (Å²) < 4.78 is 21.0. The number of benzene rings is 2. The van der Waals surface area contributed by atoms with Crippen LogP contribution in [0, 0.1) is 0 Å². The number of hydrogen-bond acceptors (Lipinski definition) is 8. The van der Waals surface area contributed by atoms with Crippen LogP contribution in [0.1, 0.15) is 27.6 Å². The Labute approximate surface area is 167 Å². The number of hydrogen-bond donors (Lipinski definition) is 1. The van der Waals surface area contributed by atoms with Crippen LogP contribution in [-0.4, -0.2) is 54.2 Å². The normalized spacial score (nSPS) is 23.2. The van der Waals surface area contributed by atoms with Gasteiger partial charge < -0.3 is 24.1 Å². The molecule has 1 saturated heterocycles. The molecule has 4 atom stereocenters. The SMILES string of the molecule is CC(=O)OCC1OC(OC(=O)c2ccccc2)C(O)C1OC(=O)c1ccccc1. The van der Waals surface area contributed by atoms with E-state index in [4.69, 9.17) is 18.9 Å². The van der Waals surface area contributed by atoms with E-state index in [2.05, 4.69) is 0 Å². The number of esters is 3. The molecule has 2 aromatic carbocycles. The van der Waals surface area contributed by atoms with Crippen LogP contribution in [0.3, 0.4) is 0 Å². The van der Waals surface area contributed by atoms with E-state index in [1.54, 1.807) is 60.7 Å².